The number of anilines is 2. The largest absolute Gasteiger partial charge is 0.395 e. The number of carbonyl (C=O) groups excluding carboxylic acids is 1. The fourth-order valence-corrected chi connectivity index (χ4v) is 3.10. The van der Waals surface area contributed by atoms with Crippen molar-refractivity contribution in [2.24, 2.45) is 0 Å². The summed E-state index contributed by atoms with van der Waals surface area (Å²) in [6.07, 6.45) is 2.65. The van der Waals surface area contributed by atoms with E-state index in [0.29, 0.717) is 17.9 Å². The molecule has 2 aromatic rings. The number of likely N-dealkylation sites (N-methyl/N-ethyl adjacent to an activating group) is 1. The molecule has 1 amide bonds. The number of aliphatic hydroxyl groups is 1. The summed E-state index contributed by atoms with van der Waals surface area (Å²) in [5.74, 6) is 0.554. The van der Waals surface area contributed by atoms with Crippen LogP contribution in [0.5, 0.6) is 0 Å². The highest BCUT2D eigenvalue weighted by atomic mass is 16.3. The third kappa shape index (κ3) is 2.80. The molecule has 0 bridgehead atoms. The molecule has 1 aliphatic rings. The van der Waals surface area contributed by atoms with Gasteiger partial charge in [0.1, 0.15) is 5.82 Å². The summed E-state index contributed by atoms with van der Waals surface area (Å²) in [4.78, 5) is 20.8. The Hall–Kier alpha value is -2.40. The number of aliphatic hydroxyl groups excluding tert-OH is 1. The number of para-hydroxylation sites is 1. The van der Waals surface area contributed by atoms with E-state index in [2.05, 4.69) is 28.9 Å². The molecule has 1 aromatic carbocycles. The Bertz CT molecular complexity index is 717. The average Bonchev–Trinajstić information content (AvgIpc) is 2.90. The van der Waals surface area contributed by atoms with Crippen molar-refractivity contribution in [1.29, 1.82) is 0 Å². The van der Waals surface area contributed by atoms with Crippen LogP contribution >= 0.6 is 0 Å². The first kappa shape index (κ1) is 15.5. The molecular weight excluding hydrogens is 290 g/mol. The van der Waals surface area contributed by atoms with E-state index in [1.165, 1.54) is 10.5 Å². The molecule has 0 saturated heterocycles. The predicted molar refractivity (Wildman–Crippen MR) is 90.0 cm³/mol. The van der Waals surface area contributed by atoms with Crippen LogP contribution in [0.4, 0.5) is 11.5 Å². The van der Waals surface area contributed by atoms with E-state index in [1.807, 2.05) is 12.1 Å². The van der Waals surface area contributed by atoms with E-state index in [1.54, 1.807) is 25.4 Å². The maximum absolute atomic E-state index is 12.7. The van der Waals surface area contributed by atoms with Gasteiger partial charge in [-0.3, -0.25) is 4.79 Å². The highest BCUT2D eigenvalue weighted by molar-refractivity contribution is 6.00. The molecule has 1 aliphatic heterocycles. The number of pyridine rings is 1. The van der Waals surface area contributed by atoms with Crippen molar-refractivity contribution in [3.8, 4) is 0 Å². The number of fused-ring (bicyclic) bond motifs is 1. The molecule has 1 atom stereocenters. The van der Waals surface area contributed by atoms with Crippen molar-refractivity contribution in [1.82, 2.24) is 9.88 Å². The molecule has 5 nitrogen and oxygen atoms in total. The van der Waals surface area contributed by atoms with Crippen LogP contribution in [0.2, 0.25) is 0 Å². The second-order valence-electron chi connectivity index (χ2n) is 5.88. The minimum Gasteiger partial charge on any atom is -0.395 e. The fourth-order valence-electron chi connectivity index (χ4n) is 3.10. The lowest BCUT2D eigenvalue weighted by Gasteiger charge is -2.27. The van der Waals surface area contributed by atoms with Gasteiger partial charge in [0, 0.05) is 31.5 Å². The van der Waals surface area contributed by atoms with Crippen LogP contribution in [0.1, 0.15) is 22.8 Å². The Balaban J connectivity index is 2.03. The van der Waals surface area contributed by atoms with Crippen LogP contribution in [0.25, 0.3) is 0 Å². The van der Waals surface area contributed by atoms with Gasteiger partial charge in [0.2, 0.25) is 0 Å². The summed E-state index contributed by atoms with van der Waals surface area (Å²) in [7, 11) is 1.69. The van der Waals surface area contributed by atoms with E-state index in [4.69, 9.17) is 5.11 Å². The fraction of sp³-hybridized carbons (Fsp3) is 0.333. The number of hydrogen-bond acceptors (Lipinski definition) is 4. The third-order valence-electron chi connectivity index (χ3n) is 4.23. The zero-order valence-corrected chi connectivity index (χ0v) is 13.4. The molecule has 5 heteroatoms. The second kappa shape index (κ2) is 6.38. The lowest BCUT2D eigenvalue weighted by atomic mass is 10.1. The Morgan fingerprint density at radius 2 is 2.13 bits per heavy atom. The second-order valence-corrected chi connectivity index (χ2v) is 5.88. The molecule has 23 heavy (non-hydrogen) atoms. The first-order valence-corrected chi connectivity index (χ1v) is 7.82. The maximum atomic E-state index is 12.7. The molecule has 1 aromatic heterocycles. The van der Waals surface area contributed by atoms with Gasteiger partial charge in [0.05, 0.1) is 12.2 Å². The quantitative estimate of drug-likeness (QED) is 0.941. The molecule has 0 saturated carbocycles. The number of rotatable bonds is 4. The third-order valence-corrected chi connectivity index (χ3v) is 4.23. The minimum atomic E-state index is -0.126. The van der Waals surface area contributed by atoms with Crippen molar-refractivity contribution in [2.45, 2.75) is 19.4 Å². The molecule has 0 spiro atoms. The molecule has 0 radical (unpaired) electrons. The molecule has 1 N–H and O–H groups in total. The summed E-state index contributed by atoms with van der Waals surface area (Å²) in [6.45, 7) is 2.39. The van der Waals surface area contributed by atoms with Gasteiger partial charge in [-0.1, -0.05) is 18.2 Å². The Labute approximate surface area is 136 Å². The molecule has 0 fully saturated rings. The van der Waals surface area contributed by atoms with Gasteiger partial charge in [0.25, 0.3) is 5.91 Å². The topological polar surface area (TPSA) is 56.7 Å². The summed E-state index contributed by atoms with van der Waals surface area (Å²) in [6, 6.07) is 12.0. The van der Waals surface area contributed by atoms with Gasteiger partial charge in [-0.2, -0.15) is 0 Å². The number of carbonyl (C=O) groups is 1. The first-order valence-electron chi connectivity index (χ1n) is 7.82. The lowest BCUT2D eigenvalue weighted by Crippen LogP contribution is -2.33. The normalized spacial score (nSPS) is 16.3. The molecule has 120 valence electrons. The van der Waals surface area contributed by atoms with Crippen molar-refractivity contribution in [3.05, 3.63) is 53.7 Å². The van der Waals surface area contributed by atoms with E-state index < -0.39 is 0 Å². The number of aromatic nitrogens is 1. The van der Waals surface area contributed by atoms with Crippen LogP contribution in [0.15, 0.2) is 42.6 Å². The van der Waals surface area contributed by atoms with Gasteiger partial charge in [-0.05, 0) is 37.1 Å². The highest BCUT2D eigenvalue weighted by Crippen LogP contribution is 2.38. The smallest absolute Gasteiger partial charge is 0.257 e. The van der Waals surface area contributed by atoms with Crippen LogP contribution in [0, 0.1) is 0 Å². The van der Waals surface area contributed by atoms with Gasteiger partial charge in [-0.15, -0.1) is 0 Å². The molecule has 0 aliphatic carbocycles. The van der Waals surface area contributed by atoms with Crippen molar-refractivity contribution >= 4 is 17.4 Å². The Kier molecular flexibility index (Phi) is 4.30. The van der Waals surface area contributed by atoms with E-state index >= 15 is 0 Å². The molecular formula is C18H21N3O2. The van der Waals surface area contributed by atoms with Gasteiger partial charge in [0.15, 0.2) is 0 Å². The van der Waals surface area contributed by atoms with Gasteiger partial charge < -0.3 is 14.9 Å². The van der Waals surface area contributed by atoms with Crippen LogP contribution in [-0.4, -0.2) is 47.1 Å². The van der Waals surface area contributed by atoms with E-state index in [-0.39, 0.29) is 18.6 Å². The number of benzene rings is 1. The van der Waals surface area contributed by atoms with Gasteiger partial charge in [-0.25, -0.2) is 4.98 Å². The zero-order chi connectivity index (χ0) is 16.4. The number of amides is 1. The van der Waals surface area contributed by atoms with E-state index in [0.717, 1.165) is 12.1 Å². The van der Waals surface area contributed by atoms with Crippen molar-refractivity contribution < 1.29 is 9.90 Å². The maximum Gasteiger partial charge on any atom is 0.257 e. The lowest BCUT2D eigenvalue weighted by molar-refractivity contribution is 0.0767. The Morgan fingerprint density at radius 1 is 1.35 bits per heavy atom. The minimum absolute atomic E-state index is 0.0548. The van der Waals surface area contributed by atoms with Crippen molar-refractivity contribution in [3.63, 3.8) is 0 Å². The first-order chi connectivity index (χ1) is 11.1. The highest BCUT2D eigenvalue weighted by Gasteiger charge is 2.31. The molecule has 1 unspecified atom stereocenters. The molecule has 3 rings (SSSR count). The summed E-state index contributed by atoms with van der Waals surface area (Å²) >= 11 is 0. The monoisotopic (exact) mass is 311 g/mol. The summed E-state index contributed by atoms with van der Waals surface area (Å²) in [5, 5.41) is 9.07. The summed E-state index contributed by atoms with van der Waals surface area (Å²) < 4.78 is 0. The molecule has 2 heterocycles. The predicted octanol–water partition coefficient (Wildman–Crippen LogP) is 2.23. The van der Waals surface area contributed by atoms with Crippen molar-refractivity contribution in [2.75, 3.05) is 25.1 Å². The average molecular weight is 311 g/mol. The standard InChI is InChI=1S/C18H21N3O2/c1-13-12-14-6-3-4-8-16(14)21(13)17-15(7-5-9-19-17)18(23)20(2)10-11-22/h3-9,13,22H,10-12H2,1-2H3. The van der Waals surface area contributed by atoms with Crippen LogP contribution in [-0.2, 0) is 6.42 Å². The SMILES string of the molecule is CC1Cc2ccccc2N1c1ncccc1C(=O)N(C)CCO. The van der Waals surface area contributed by atoms with E-state index in [9.17, 15) is 4.79 Å². The van der Waals surface area contributed by atoms with Crippen LogP contribution < -0.4 is 4.90 Å². The summed E-state index contributed by atoms with van der Waals surface area (Å²) in [5.41, 5.74) is 2.94. The number of nitrogens with zero attached hydrogens (tertiary/aromatic N) is 3. The zero-order valence-electron chi connectivity index (χ0n) is 13.4. The Morgan fingerprint density at radius 3 is 2.91 bits per heavy atom. The van der Waals surface area contributed by atoms with Crippen LogP contribution in [0.3, 0.4) is 0 Å². The number of hydrogen-bond donors (Lipinski definition) is 1. The van der Waals surface area contributed by atoms with Gasteiger partial charge >= 0.3 is 0 Å².